The average Bonchev–Trinajstić information content (AvgIpc) is 2.93. The predicted octanol–water partition coefficient (Wildman–Crippen LogP) is 2.23. The number of aromatic amines is 1. The van der Waals surface area contributed by atoms with Gasteiger partial charge in [-0.15, -0.1) is 5.48 Å². The van der Waals surface area contributed by atoms with Crippen molar-refractivity contribution in [3.8, 4) is 0 Å². The molecule has 0 spiro atoms. The number of benzene rings is 1. The van der Waals surface area contributed by atoms with Crippen molar-refractivity contribution < 1.29 is 14.8 Å². The summed E-state index contributed by atoms with van der Waals surface area (Å²) in [4.78, 5) is 26.2. The molecule has 6 nitrogen and oxygen atoms in total. The first kappa shape index (κ1) is 19.0. The van der Waals surface area contributed by atoms with E-state index in [4.69, 9.17) is 5.21 Å². The smallest absolute Gasteiger partial charge is 0.283 e. The number of aryl methyl sites for hydroxylation is 1. The Labute approximate surface area is 148 Å². The second kappa shape index (κ2) is 9.84. The van der Waals surface area contributed by atoms with Gasteiger partial charge in [-0.2, -0.15) is 0 Å². The van der Waals surface area contributed by atoms with Crippen molar-refractivity contribution in [3.63, 3.8) is 0 Å². The fraction of sp³-hybridized carbons (Fsp3) is 0.474. The molecule has 0 radical (unpaired) electrons. The Kier molecular flexibility index (Phi) is 7.47. The molecule has 2 rings (SSSR count). The van der Waals surface area contributed by atoms with Crippen molar-refractivity contribution in [2.24, 2.45) is 0 Å². The molecule has 6 heteroatoms. The SMILES string of the molecule is Cc1[nH]c2ccccc2c1CCNC(=O)CCCCCCC(=O)N[OH2+]. The van der Waals surface area contributed by atoms with Crippen molar-refractivity contribution in [1.29, 1.82) is 0 Å². The summed E-state index contributed by atoms with van der Waals surface area (Å²) in [5.74, 6) is -0.160. The zero-order valence-electron chi connectivity index (χ0n) is 14.8. The normalized spacial score (nSPS) is 10.8. The summed E-state index contributed by atoms with van der Waals surface area (Å²) < 4.78 is 0. The van der Waals surface area contributed by atoms with E-state index >= 15 is 0 Å². The van der Waals surface area contributed by atoms with Crippen molar-refractivity contribution in [1.82, 2.24) is 15.8 Å². The van der Waals surface area contributed by atoms with Gasteiger partial charge in [0, 0.05) is 36.0 Å². The third-order valence-corrected chi connectivity index (χ3v) is 4.42. The molecule has 136 valence electrons. The van der Waals surface area contributed by atoms with Crippen LogP contribution in [0.2, 0.25) is 0 Å². The number of H-pyrrole nitrogens is 1. The maximum absolute atomic E-state index is 11.9. The zero-order chi connectivity index (χ0) is 18.1. The number of nitrogens with one attached hydrogen (secondary N) is 3. The van der Waals surface area contributed by atoms with Gasteiger partial charge in [-0.05, 0) is 37.8 Å². The Morgan fingerprint density at radius 1 is 1.04 bits per heavy atom. The maximum atomic E-state index is 11.9. The summed E-state index contributed by atoms with van der Waals surface area (Å²) in [6.45, 7) is 2.71. The van der Waals surface area contributed by atoms with Crippen molar-refractivity contribution in [3.05, 3.63) is 35.5 Å². The minimum absolute atomic E-state index is 0.0846. The number of hydrogen-bond donors (Lipinski definition) is 3. The van der Waals surface area contributed by atoms with E-state index in [2.05, 4.69) is 29.4 Å². The van der Waals surface area contributed by atoms with Crippen LogP contribution in [-0.4, -0.2) is 28.6 Å². The lowest BCUT2D eigenvalue weighted by atomic mass is 10.1. The molecule has 1 heterocycles. The van der Waals surface area contributed by atoms with Crippen molar-refractivity contribution in [2.75, 3.05) is 6.54 Å². The Bertz CT molecular complexity index is 709. The molecule has 0 atom stereocenters. The van der Waals surface area contributed by atoms with E-state index in [0.717, 1.165) is 43.3 Å². The Morgan fingerprint density at radius 2 is 1.72 bits per heavy atom. The van der Waals surface area contributed by atoms with Gasteiger partial charge < -0.3 is 15.5 Å². The Hall–Kier alpha value is -2.34. The second-order valence-corrected chi connectivity index (χ2v) is 6.34. The number of fused-ring (bicyclic) bond motifs is 1. The highest BCUT2D eigenvalue weighted by Gasteiger charge is 2.08. The van der Waals surface area contributed by atoms with Gasteiger partial charge in [0.2, 0.25) is 5.91 Å². The number of aromatic nitrogens is 1. The summed E-state index contributed by atoms with van der Waals surface area (Å²) in [6.07, 6.45) is 5.18. The van der Waals surface area contributed by atoms with E-state index in [1.165, 1.54) is 10.9 Å². The first-order valence-electron chi connectivity index (χ1n) is 8.90. The molecule has 0 saturated heterocycles. The number of para-hydroxylation sites is 1. The van der Waals surface area contributed by atoms with Gasteiger partial charge in [-0.3, -0.25) is 9.59 Å². The number of hydrogen-bond acceptors (Lipinski definition) is 2. The lowest BCUT2D eigenvalue weighted by Gasteiger charge is -2.06. The highest BCUT2D eigenvalue weighted by molar-refractivity contribution is 5.84. The van der Waals surface area contributed by atoms with E-state index in [1.54, 1.807) is 0 Å². The van der Waals surface area contributed by atoms with Gasteiger partial charge in [0.25, 0.3) is 5.91 Å². The molecule has 25 heavy (non-hydrogen) atoms. The van der Waals surface area contributed by atoms with E-state index in [9.17, 15) is 9.59 Å². The minimum Gasteiger partial charge on any atom is -0.358 e. The van der Waals surface area contributed by atoms with Gasteiger partial charge in [-0.1, -0.05) is 31.0 Å². The fourth-order valence-electron chi connectivity index (χ4n) is 3.06. The molecule has 0 aliphatic carbocycles. The van der Waals surface area contributed by atoms with Crippen LogP contribution in [0.5, 0.6) is 0 Å². The number of rotatable bonds is 10. The Balaban J connectivity index is 1.62. The number of hydroxylamine groups is 1. The minimum atomic E-state index is -0.245. The maximum Gasteiger partial charge on any atom is 0.283 e. The van der Waals surface area contributed by atoms with Crippen molar-refractivity contribution in [2.45, 2.75) is 51.9 Å². The van der Waals surface area contributed by atoms with Crippen LogP contribution in [0.1, 0.15) is 49.8 Å². The molecule has 2 aromatic rings. The fourth-order valence-corrected chi connectivity index (χ4v) is 3.06. The average molecular weight is 346 g/mol. The van der Waals surface area contributed by atoms with Gasteiger partial charge in [0.1, 0.15) is 0 Å². The Morgan fingerprint density at radius 3 is 2.44 bits per heavy atom. The third-order valence-electron chi connectivity index (χ3n) is 4.42. The molecule has 1 aromatic carbocycles. The highest BCUT2D eigenvalue weighted by atomic mass is 16.5. The van der Waals surface area contributed by atoms with E-state index in [1.807, 2.05) is 17.6 Å². The predicted molar refractivity (Wildman–Crippen MR) is 99.2 cm³/mol. The molecule has 0 aliphatic rings. The standard InChI is InChI=1S/C19H27N3O3/c1-14-15(16-8-6-7-9-17(16)21-14)12-13-20-18(23)10-4-2-3-5-11-19(24)22-25/h6-9,21,25H,2-5,10-13H2,1H3,(H,20,23)(H,22,24)/p+1. The van der Waals surface area contributed by atoms with Crippen LogP contribution in [0.3, 0.4) is 0 Å². The summed E-state index contributed by atoms with van der Waals surface area (Å²) in [7, 11) is 0. The number of unbranched alkanes of at least 4 members (excludes halogenated alkanes) is 3. The third kappa shape index (κ3) is 5.90. The second-order valence-electron chi connectivity index (χ2n) is 6.34. The summed E-state index contributed by atoms with van der Waals surface area (Å²) >= 11 is 0. The van der Waals surface area contributed by atoms with Crippen LogP contribution in [0.25, 0.3) is 10.9 Å². The zero-order valence-corrected chi connectivity index (χ0v) is 14.8. The molecule has 0 bridgehead atoms. The first-order valence-corrected chi connectivity index (χ1v) is 8.90. The summed E-state index contributed by atoms with van der Waals surface area (Å²) in [5.41, 5.74) is 5.43. The van der Waals surface area contributed by atoms with Crippen LogP contribution in [0, 0.1) is 6.92 Å². The number of carbonyl (C=O) groups is 2. The van der Waals surface area contributed by atoms with Crippen molar-refractivity contribution >= 4 is 22.7 Å². The van der Waals surface area contributed by atoms with Gasteiger partial charge in [-0.25, -0.2) is 0 Å². The van der Waals surface area contributed by atoms with Gasteiger partial charge in [0.15, 0.2) is 0 Å². The largest absolute Gasteiger partial charge is 0.358 e. The molecule has 0 saturated carbocycles. The van der Waals surface area contributed by atoms with Gasteiger partial charge >= 0.3 is 0 Å². The number of amides is 2. The molecular formula is C19H28N3O3+. The molecule has 1 aromatic heterocycles. The van der Waals surface area contributed by atoms with Crippen LogP contribution >= 0.6 is 0 Å². The summed E-state index contributed by atoms with van der Waals surface area (Å²) in [6, 6.07) is 8.23. The van der Waals surface area contributed by atoms with Crippen LogP contribution in [-0.2, 0) is 16.0 Å². The molecule has 0 unspecified atom stereocenters. The van der Waals surface area contributed by atoms with E-state index in [-0.39, 0.29) is 11.8 Å². The molecule has 0 aliphatic heterocycles. The molecular weight excluding hydrogens is 318 g/mol. The van der Waals surface area contributed by atoms with E-state index < -0.39 is 0 Å². The molecule has 0 fully saturated rings. The first-order chi connectivity index (χ1) is 12.1. The lowest BCUT2D eigenvalue weighted by molar-refractivity contribution is -0.129. The highest BCUT2D eigenvalue weighted by Crippen LogP contribution is 2.21. The summed E-state index contributed by atoms with van der Waals surface area (Å²) in [5, 5.41) is 10.9. The van der Waals surface area contributed by atoms with Crippen LogP contribution < -0.4 is 10.8 Å². The van der Waals surface area contributed by atoms with Crippen LogP contribution in [0.4, 0.5) is 0 Å². The molecule has 5 N–H and O–H groups in total. The van der Waals surface area contributed by atoms with Crippen LogP contribution in [0.15, 0.2) is 24.3 Å². The van der Waals surface area contributed by atoms with Gasteiger partial charge in [0.05, 0.1) is 0 Å². The topological polar surface area (TPSA) is 96.9 Å². The quantitative estimate of drug-likeness (QED) is 0.349. The lowest BCUT2D eigenvalue weighted by Crippen LogP contribution is -2.25. The number of carbonyl (C=O) groups excluding carboxylic acids is 2. The monoisotopic (exact) mass is 346 g/mol. The molecule has 2 amide bonds. The van der Waals surface area contributed by atoms with E-state index in [0.29, 0.717) is 19.4 Å².